The van der Waals surface area contributed by atoms with Crippen molar-refractivity contribution in [3.8, 4) is 11.4 Å². The summed E-state index contributed by atoms with van der Waals surface area (Å²) < 4.78 is 5.34. The van der Waals surface area contributed by atoms with Crippen LogP contribution in [0, 0.1) is 0 Å². The second kappa shape index (κ2) is 6.09. The minimum Gasteiger partial charge on any atom is -0.496 e. The van der Waals surface area contributed by atoms with Gasteiger partial charge in [-0.25, -0.2) is 0 Å². The second-order valence-electron chi connectivity index (χ2n) is 4.53. The van der Waals surface area contributed by atoms with Crippen LogP contribution in [0.4, 0.5) is 5.69 Å². The number of methoxy groups -OCH3 is 1. The first kappa shape index (κ1) is 13.2. The number of anilines is 1. The molecule has 0 spiro atoms. The van der Waals surface area contributed by atoms with E-state index >= 15 is 0 Å². The van der Waals surface area contributed by atoms with Crippen LogP contribution in [0.25, 0.3) is 5.69 Å². The number of hydrogen-bond donors (Lipinski definition) is 1. The highest BCUT2D eigenvalue weighted by molar-refractivity contribution is 5.49. The van der Waals surface area contributed by atoms with E-state index in [1.54, 1.807) is 24.3 Å². The summed E-state index contributed by atoms with van der Waals surface area (Å²) in [5, 5.41) is 11.6. The van der Waals surface area contributed by atoms with Crippen LogP contribution in [0.3, 0.4) is 0 Å². The topological polar surface area (TPSA) is 52.0 Å². The summed E-state index contributed by atoms with van der Waals surface area (Å²) in [6.07, 6.45) is 3.32. The van der Waals surface area contributed by atoms with Crippen LogP contribution in [0.1, 0.15) is 5.56 Å². The van der Waals surface area contributed by atoms with Gasteiger partial charge in [-0.2, -0.15) is 15.0 Å². The molecule has 0 amide bonds. The molecular weight excluding hydrogens is 264 g/mol. The van der Waals surface area contributed by atoms with Crippen molar-refractivity contribution in [2.75, 3.05) is 12.4 Å². The first-order chi connectivity index (χ1) is 10.4. The molecule has 0 saturated heterocycles. The summed E-state index contributed by atoms with van der Waals surface area (Å²) in [6, 6.07) is 16.0. The van der Waals surface area contributed by atoms with Crippen molar-refractivity contribution in [3.63, 3.8) is 0 Å². The molecule has 1 heterocycles. The monoisotopic (exact) mass is 280 g/mol. The highest BCUT2D eigenvalue weighted by atomic mass is 16.5. The number of ether oxygens (including phenoxy) is 1. The van der Waals surface area contributed by atoms with E-state index in [1.165, 1.54) is 0 Å². The molecule has 1 N–H and O–H groups in total. The van der Waals surface area contributed by atoms with Crippen molar-refractivity contribution in [2.24, 2.45) is 0 Å². The third kappa shape index (κ3) is 3.02. The molecule has 0 aliphatic rings. The minimum absolute atomic E-state index is 0.712. The molecule has 2 aromatic carbocycles. The maximum atomic E-state index is 5.34. The van der Waals surface area contributed by atoms with E-state index < -0.39 is 0 Å². The first-order valence-corrected chi connectivity index (χ1v) is 6.69. The second-order valence-corrected chi connectivity index (χ2v) is 4.53. The lowest BCUT2D eigenvalue weighted by atomic mass is 10.2. The fourth-order valence-electron chi connectivity index (χ4n) is 2.11. The van der Waals surface area contributed by atoms with Crippen molar-refractivity contribution >= 4 is 5.69 Å². The SMILES string of the molecule is COc1ccccc1CNc1ccc(-n2nccn2)cc1. The molecule has 0 fully saturated rings. The van der Waals surface area contributed by atoms with Gasteiger partial charge in [0.05, 0.1) is 25.2 Å². The molecule has 0 aliphatic heterocycles. The maximum Gasteiger partial charge on any atom is 0.123 e. The van der Waals surface area contributed by atoms with Crippen molar-refractivity contribution in [1.29, 1.82) is 0 Å². The molecule has 3 aromatic rings. The Morgan fingerprint density at radius 2 is 1.71 bits per heavy atom. The van der Waals surface area contributed by atoms with Gasteiger partial charge in [-0.3, -0.25) is 0 Å². The summed E-state index contributed by atoms with van der Waals surface area (Å²) in [5.74, 6) is 0.891. The van der Waals surface area contributed by atoms with Crippen LogP contribution < -0.4 is 10.1 Å². The Kier molecular flexibility index (Phi) is 3.82. The molecule has 0 bridgehead atoms. The highest BCUT2D eigenvalue weighted by Gasteiger charge is 2.02. The number of nitrogens with one attached hydrogen (secondary N) is 1. The summed E-state index contributed by atoms with van der Waals surface area (Å²) in [5.41, 5.74) is 3.09. The molecule has 5 heteroatoms. The normalized spacial score (nSPS) is 10.3. The van der Waals surface area contributed by atoms with Crippen molar-refractivity contribution < 1.29 is 4.74 Å². The Morgan fingerprint density at radius 3 is 2.43 bits per heavy atom. The van der Waals surface area contributed by atoms with Crippen LogP contribution in [0.2, 0.25) is 0 Å². The average molecular weight is 280 g/mol. The first-order valence-electron chi connectivity index (χ1n) is 6.69. The van der Waals surface area contributed by atoms with E-state index in [2.05, 4.69) is 15.5 Å². The smallest absolute Gasteiger partial charge is 0.123 e. The number of para-hydroxylation sites is 1. The zero-order valence-electron chi connectivity index (χ0n) is 11.7. The molecule has 3 rings (SSSR count). The van der Waals surface area contributed by atoms with Gasteiger partial charge < -0.3 is 10.1 Å². The molecule has 5 nitrogen and oxygen atoms in total. The number of benzene rings is 2. The molecule has 1 aromatic heterocycles. The van der Waals surface area contributed by atoms with E-state index in [0.717, 1.165) is 22.7 Å². The molecule has 0 unspecified atom stereocenters. The van der Waals surface area contributed by atoms with Gasteiger partial charge in [-0.1, -0.05) is 18.2 Å². The van der Waals surface area contributed by atoms with E-state index in [1.807, 2.05) is 48.5 Å². The number of rotatable bonds is 5. The predicted octanol–water partition coefficient (Wildman–Crippen LogP) is 2.89. The van der Waals surface area contributed by atoms with Crippen molar-refractivity contribution in [3.05, 3.63) is 66.5 Å². The molecule has 0 radical (unpaired) electrons. The van der Waals surface area contributed by atoms with Crippen LogP contribution in [-0.2, 0) is 6.54 Å². The average Bonchev–Trinajstić information content (AvgIpc) is 3.08. The lowest BCUT2D eigenvalue weighted by Gasteiger charge is -2.10. The Labute approximate surface area is 123 Å². The Balaban J connectivity index is 1.68. The van der Waals surface area contributed by atoms with Crippen molar-refractivity contribution in [1.82, 2.24) is 15.0 Å². The highest BCUT2D eigenvalue weighted by Crippen LogP contribution is 2.19. The molecule has 106 valence electrons. The summed E-state index contributed by atoms with van der Waals surface area (Å²) in [7, 11) is 1.69. The van der Waals surface area contributed by atoms with Gasteiger partial charge in [0.15, 0.2) is 0 Å². The maximum absolute atomic E-state index is 5.34. The van der Waals surface area contributed by atoms with Crippen LogP contribution in [-0.4, -0.2) is 22.1 Å². The third-order valence-electron chi connectivity index (χ3n) is 3.19. The molecule has 0 aliphatic carbocycles. The number of aromatic nitrogens is 3. The van der Waals surface area contributed by atoms with Gasteiger partial charge in [0.1, 0.15) is 5.75 Å². The molecule has 21 heavy (non-hydrogen) atoms. The number of nitrogens with zero attached hydrogens (tertiary/aromatic N) is 3. The van der Waals surface area contributed by atoms with Crippen LogP contribution in [0.5, 0.6) is 5.75 Å². The van der Waals surface area contributed by atoms with E-state index in [9.17, 15) is 0 Å². The standard InChI is InChI=1S/C16H16N4O/c1-21-16-5-3-2-4-13(16)12-17-14-6-8-15(9-7-14)20-18-10-11-19-20/h2-11,17H,12H2,1H3. The summed E-state index contributed by atoms with van der Waals surface area (Å²) >= 11 is 0. The number of hydrogen-bond acceptors (Lipinski definition) is 4. The quantitative estimate of drug-likeness (QED) is 0.780. The van der Waals surface area contributed by atoms with Gasteiger partial charge >= 0.3 is 0 Å². The lowest BCUT2D eigenvalue weighted by molar-refractivity contribution is 0.410. The van der Waals surface area contributed by atoms with Crippen molar-refractivity contribution in [2.45, 2.75) is 6.54 Å². The van der Waals surface area contributed by atoms with Gasteiger partial charge in [-0.05, 0) is 30.3 Å². The summed E-state index contributed by atoms with van der Waals surface area (Å²) in [6.45, 7) is 0.712. The van der Waals surface area contributed by atoms with E-state index in [0.29, 0.717) is 6.54 Å². The van der Waals surface area contributed by atoms with E-state index in [-0.39, 0.29) is 0 Å². The summed E-state index contributed by atoms with van der Waals surface area (Å²) in [4.78, 5) is 1.59. The Hall–Kier alpha value is -2.82. The Bertz CT molecular complexity index is 693. The third-order valence-corrected chi connectivity index (χ3v) is 3.19. The molecule has 0 atom stereocenters. The molecule has 0 saturated carbocycles. The fourth-order valence-corrected chi connectivity index (χ4v) is 2.11. The van der Waals surface area contributed by atoms with Crippen LogP contribution in [0.15, 0.2) is 60.9 Å². The lowest BCUT2D eigenvalue weighted by Crippen LogP contribution is -2.02. The minimum atomic E-state index is 0.712. The van der Waals surface area contributed by atoms with Gasteiger partial charge in [-0.15, -0.1) is 0 Å². The van der Waals surface area contributed by atoms with Gasteiger partial charge in [0, 0.05) is 17.8 Å². The predicted molar refractivity (Wildman–Crippen MR) is 81.7 cm³/mol. The van der Waals surface area contributed by atoms with Crippen LogP contribution >= 0.6 is 0 Å². The van der Waals surface area contributed by atoms with Gasteiger partial charge in [0.25, 0.3) is 0 Å². The van der Waals surface area contributed by atoms with E-state index in [4.69, 9.17) is 4.74 Å². The fraction of sp³-hybridized carbons (Fsp3) is 0.125. The molecular formula is C16H16N4O. The Morgan fingerprint density at radius 1 is 1.00 bits per heavy atom. The van der Waals surface area contributed by atoms with Gasteiger partial charge in [0.2, 0.25) is 0 Å². The largest absolute Gasteiger partial charge is 0.496 e. The zero-order chi connectivity index (χ0) is 14.5. The zero-order valence-corrected chi connectivity index (χ0v) is 11.7.